The van der Waals surface area contributed by atoms with Crippen molar-refractivity contribution in [2.24, 2.45) is 17.8 Å². The molecule has 1 N–H and O–H groups in total. The molecular formula is C15H17Cl2N. The minimum atomic E-state index is 0.405. The van der Waals surface area contributed by atoms with Crippen molar-refractivity contribution in [2.45, 2.75) is 25.8 Å². The predicted molar refractivity (Wildman–Crippen MR) is 78.4 cm³/mol. The molecule has 0 aliphatic heterocycles. The number of para-hydroxylation sites is 1. The maximum atomic E-state index is 6.20. The van der Waals surface area contributed by atoms with Crippen LogP contribution in [0.1, 0.15) is 19.8 Å². The van der Waals surface area contributed by atoms with Crippen molar-refractivity contribution in [3.63, 3.8) is 0 Å². The number of hydrogen-bond donors (Lipinski definition) is 1. The summed E-state index contributed by atoms with van der Waals surface area (Å²) in [4.78, 5) is 0. The number of nitrogens with one attached hydrogen (secondary N) is 1. The van der Waals surface area contributed by atoms with Crippen LogP contribution in [0.25, 0.3) is 0 Å². The number of benzene rings is 1. The molecule has 1 fully saturated rings. The van der Waals surface area contributed by atoms with Crippen LogP contribution < -0.4 is 5.32 Å². The van der Waals surface area contributed by atoms with Gasteiger partial charge in [0.05, 0.1) is 15.7 Å². The minimum absolute atomic E-state index is 0.405. The summed E-state index contributed by atoms with van der Waals surface area (Å²) in [6.07, 6.45) is 7.37. The molecule has 1 nitrogen and oxygen atoms in total. The first-order valence-electron chi connectivity index (χ1n) is 6.54. The Hall–Kier alpha value is -0.660. The largest absolute Gasteiger partial charge is 0.380 e. The summed E-state index contributed by atoms with van der Waals surface area (Å²) in [7, 11) is 0. The second-order valence-corrected chi connectivity index (χ2v) is 6.29. The van der Waals surface area contributed by atoms with Crippen LogP contribution in [-0.4, -0.2) is 6.04 Å². The first kappa shape index (κ1) is 12.4. The van der Waals surface area contributed by atoms with E-state index in [2.05, 4.69) is 24.4 Å². The van der Waals surface area contributed by atoms with E-state index in [0.717, 1.165) is 17.5 Å². The number of halogens is 2. The third-order valence-corrected chi connectivity index (χ3v) is 4.94. The summed E-state index contributed by atoms with van der Waals surface area (Å²) in [5.41, 5.74) is 0.875. The van der Waals surface area contributed by atoms with Gasteiger partial charge in [0.1, 0.15) is 0 Å². The van der Waals surface area contributed by atoms with Gasteiger partial charge >= 0.3 is 0 Å². The number of fused-ring (bicyclic) bond motifs is 2. The summed E-state index contributed by atoms with van der Waals surface area (Å²) < 4.78 is 0. The highest BCUT2D eigenvalue weighted by Crippen LogP contribution is 2.45. The van der Waals surface area contributed by atoms with E-state index in [1.54, 1.807) is 0 Å². The average molecular weight is 282 g/mol. The quantitative estimate of drug-likeness (QED) is 0.769. The van der Waals surface area contributed by atoms with Crippen LogP contribution in [0.15, 0.2) is 30.4 Å². The summed E-state index contributed by atoms with van der Waals surface area (Å²) in [6, 6.07) is 6.04. The van der Waals surface area contributed by atoms with Gasteiger partial charge in [-0.25, -0.2) is 0 Å². The highest BCUT2D eigenvalue weighted by molar-refractivity contribution is 6.39. The first-order valence-corrected chi connectivity index (χ1v) is 7.29. The number of anilines is 1. The molecule has 0 spiro atoms. The zero-order chi connectivity index (χ0) is 12.7. The van der Waals surface area contributed by atoms with Crippen LogP contribution in [0.5, 0.6) is 0 Å². The molecule has 0 amide bonds. The molecule has 1 aromatic carbocycles. The maximum absolute atomic E-state index is 6.20. The van der Waals surface area contributed by atoms with Gasteiger partial charge in [-0.05, 0) is 49.7 Å². The van der Waals surface area contributed by atoms with E-state index >= 15 is 0 Å². The van der Waals surface area contributed by atoms with Crippen molar-refractivity contribution in [2.75, 3.05) is 5.32 Å². The molecule has 1 saturated carbocycles. The van der Waals surface area contributed by atoms with Crippen LogP contribution in [0.4, 0.5) is 5.69 Å². The van der Waals surface area contributed by atoms with Gasteiger partial charge in [-0.2, -0.15) is 0 Å². The molecule has 4 unspecified atom stereocenters. The van der Waals surface area contributed by atoms with Gasteiger partial charge in [0.2, 0.25) is 0 Å². The Kier molecular flexibility index (Phi) is 3.29. The summed E-state index contributed by atoms with van der Waals surface area (Å²) in [5, 5.41) is 4.91. The van der Waals surface area contributed by atoms with E-state index in [1.807, 2.05) is 18.2 Å². The zero-order valence-corrected chi connectivity index (χ0v) is 11.9. The SMILES string of the molecule is CC(Nc1c(Cl)cccc1Cl)C1CC2C=CC1C2. The van der Waals surface area contributed by atoms with Crippen LogP contribution >= 0.6 is 23.2 Å². The lowest BCUT2D eigenvalue weighted by Crippen LogP contribution is -2.29. The normalized spacial score (nSPS) is 30.7. The Balaban J connectivity index is 1.75. The molecule has 0 heterocycles. The van der Waals surface area contributed by atoms with Crippen molar-refractivity contribution >= 4 is 28.9 Å². The molecule has 96 valence electrons. The second-order valence-electron chi connectivity index (χ2n) is 5.47. The lowest BCUT2D eigenvalue weighted by molar-refractivity contribution is 0.400. The third kappa shape index (κ3) is 2.15. The second kappa shape index (κ2) is 4.79. The number of hydrogen-bond acceptors (Lipinski definition) is 1. The van der Waals surface area contributed by atoms with Gasteiger partial charge in [-0.3, -0.25) is 0 Å². The van der Waals surface area contributed by atoms with Gasteiger partial charge in [-0.1, -0.05) is 41.4 Å². The van der Waals surface area contributed by atoms with Crippen LogP contribution in [-0.2, 0) is 0 Å². The molecule has 3 rings (SSSR count). The maximum Gasteiger partial charge on any atom is 0.0721 e. The van der Waals surface area contributed by atoms with E-state index in [9.17, 15) is 0 Å². The highest BCUT2D eigenvalue weighted by Gasteiger charge is 2.38. The summed E-state index contributed by atoms with van der Waals surface area (Å²) in [5.74, 6) is 2.23. The highest BCUT2D eigenvalue weighted by atomic mass is 35.5. The number of allylic oxidation sites excluding steroid dienone is 2. The Morgan fingerprint density at radius 2 is 1.89 bits per heavy atom. The van der Waals surface area contributed by atoms with E-state index in [-0.39, 0.29) is 0 Å². The predicted octanol–water partition coefficient (Wildman–Crippen LogP) is 5.01. The molecule has 2 aliphatic rings. The Morgan fingerprint density at radius 3 is 2.44 bits per heavy atom. The van der Waals surface area contributed by atoms with Gasteiger partial charge in [0.25, 0.3) is 0 Å². The van der Waals surface area contributed by atoms with Crippen molar-refractivity contribution < 1.29 is 0 Å². The summed E-state index contributed by atoms with van der Waals surface area (Å²) in [6.45, 7) is 2.23. The van der Waals surface area contributed by atoms with Crippen LogP contribution in [0.2, 0.25) is 10.0 Å². The third-order valence-electron chi connectivity index (χ3n) is 4.31. The molecule has 0 aromatic heterocycles. The Labute approximate surface area is 118 Å². The molecule has 1 aromatic rings. The smallest absolute Gasteiger partial charge is 0.0721 e. The Bertz CT molecular complexity index is 463. The first-order chi connectivity index (χ1) is 8.65. The fourth-order valence-corrected chi connectivity index (χ4v) is 3.88. The van der Waals surface area contributed by atoms with Crippen molar-refractivity contribution in [3.05, 3.63) is 40.4 Å². The molecule has 2 aliphatic carbocycles. The summed E-state index contributed by atoms with van der Waals surface area (Å²) >= 11 is 12.4. The Morgan fingerprint density at radius 1 is 1.17 bits per heavy atom. The fraction of sp³-hybridized carbons (Fsp3) is 0.467. The van der Waals surface area contributed by atoms with Gasteiger partial charge < -0.3 is 5.32 Å². The molecule has 0 radical (unpaired) electrons. The van der Waals surface area contributed by atoms with Crippen LogP contribution in [0, 0.1) is 17.8 Å². The van der Waals surface area contributed by atoms with Crippen molar-refractivity contribution in [1.29, 1.82) is 0 Å². The van der Waals surface area contributed by atoms with Gasteiger partial charge in [0, 0.05) is 6.04 Å². The molecular weight excluding hydrogens is 265 g/mol. The van der Waals surface area contributed by atoms with E-state index in [4.69, 9.17) is 23.2 Å². The monoisotopic (exact) mass is 281 g/mol. The van der Waals surface area contributed by atoms with E-state index < -0.39 is 0 Å². The van der Waals surface area contributed by atoms with Gasteiger partial charge in [-0.15, -0.1) is 0 Å². The number of rotatable bonds is 3. The lowest BCUT2D eigenvalue weighted by atomic mass is 9.87. The molecule has 0 saturated heterocycles. The molecule has 18 heavy (non-hydrogen) atoms. The molecule has 2 bridgehead atoms. The fourth-order valence-electron chi connectivity index (χ4n) is 3.37. The van der Waals surface area contributed by atoms with Gasteiger partial charge in [0.15, 0.2) is 0 Å². The van der Waals surface area contributed by atoms with Crippen LogP contribution in [0.3, 0.4) is 0 Å². The van der Waals surface area contributed by atoms with E-state index in [0.29, 0.717) is 22.0 Å². The standard InChI is InChI=1S/C15H17Cl2N/c1-9(12-8-10-5-6-11(12)7-10)18-15-13(16)3-2-4-14(15)17/h2-6,9-12,18H,7-8H2,1H3. The molecule has 3 heteroatoms. The van der Waals surface area contributed by atoms with Crippen molar-refractivity contribution in [1.82, 2.24) is 0 Å². The topological polar surface area (TPSA) is 12.0 Å². The lowest BCUT2D eigenvalue weighted by Gasteiger charge is -2.27. The molecule has 4 atom stereocenters. The van der Waals surface area contributed by atoms with Crippen molar-refractivity contribution in [3.8, 4) is 0 Å². The zero-order valence-electron chi connectivity index (χ0n) is 10.4. The minimum Gasteiger partial charge on any atom is -0.380 e. The van der Waals surface area contributed by atoms with E-state index in [1.165, 1.54) is 12.8 Å². The average Bonchev–Trinajstić information content (AvgIpc) is 2.96.